The predicted molar refractivity (Wildman–Crippen MR) is 97.5 cm³/mol. The first kappa shape index (κ1) is 18.0. The van der Waals surface area contributed by atoms with Crippen LogP contribution >= 0.6 is 0 Å². The number of fused-ring (bicyclic) bond motifs is 1. The van der Waals surface area contributed by atoms with Crippen molar-refractivity contribution in [3.63, 3.8) is 0 Å². The van der Waals surface area contributed by atoms with Crippen LogP contribution in [0.15, 0.2) is 30.5 Å². The number of carbonyl (C=O) groups is 2. The van der Waals surface area contributed by atoms with Crippen molar-refractivity contribution in [1.82, 2.24) is 9.88 Å². The highest BCUT2D eigenvalue weighted by molar-refractivity contribution is 6.04. The van der Waals surface area contributed by atoms with Crippen LogP contribution in [0.5, 0.6) is 0 Å². The molecule has 1 N–H and O–H groups in total. The van der Waals surface area contributed by atoms with Gasteiger partial charge >= 0.3 is 5.97 Å². The fraction of sp³-hybridized carbons (Fsp3) is 0.450. The zero-order chi connectivity index (χ0) is 18.6. The Morgan fingerprint density at radius 3 is 2.69 bits per heavy atom. The lowest BCUT2D eigenvalue weighted by atomic mass is 9.83. The Balaban J connectivity index is 1.66. The summed E-state index contributed by atoms with van der Waals surface area (Å²) in [4.78, 5) is 24.6. The van der Waals surface area contributed by atoms with Crippen LogP contribution in [0.1, 0.15) is 49.4 Å². The third kappa shape index (κ3) is 3.57. The highest BCUT2D eigenvalue weighted by Crippen LogP contribution is 2.27. The highest BCUT2D eigenvalue weighted by atomic mass is 16.5. The summed E-state index contributed by atoms with van der Waals surface area (Å²) in [6.07, 6.45) is 5.97. The average Bonchev–Trinajstić information content (AvgIpc) is 3.06. The van der Waals surface area contributed by atoms with Crippen molar-refractivity contribution in [2.45, 2.75) is 51.1 Å². The van der Waals surface area contributed by atoms with E-state index in [1.165, 1.54) is 0 Å². The van der Waals surface area contributed by atoms with Gasteiger partial charge in [-0.25, -0.2) is 4.79 Å². The van der Waals surface area contributed by atoms with Crippen molar-refractivity contribution in [3.05, 3.63) is 36.0 Å². The Morgan fingerprint density at radius 2 is 2.00 bits per heavy atom. The maximum atomic E-state index is 12.5. The molecule has 0 radical (unpaired) electrons. The molecular formula is C20H23N3O3. The Labute approximate surface area is 152 Å². The quantitative estimate of drug-likeness (QED) is 0.837. The summed E-state index contributed by atoms with van der Waals surface area (Å²) in [6.45, 7) is 2.35. The normalized spacial score (nSPS) is 16.0. The molecule has 1 fully saturated rings. The van der Waals surface area contributed by atoms with Gasteiger partial charge in [-0.3, -0.25) is 4.79 Å². The molecule has 26 heavy (non-hydrogen) atoms. The number of nitrogens with zero attached hydrogens (tertiary/aromatic N) is 2. The van der Waals surface area contributed by atoms with Crippen molar-refractivity contribution in [2.75, 3.05) is 6.61 Å². The number of hydrogen-bond acceptors (Lipinski definition) is 4. The van der Waals surface area contributed by atoms with E-state index in [0.29, 0.717) is 18.4 Å². The SMILES string of the molecule is CCn1cc(C(=O)OCC(=O)NC2(C#N)CCCCC2)c2ccccc21. The van der Waals surface area contributed by atoms with E-state index >= 15 is 0 Å². The number of carbonyl (C=O) groups excluding carboxylic acids is 2. The van der Waals surface area contributed by atoms with Gasteiger partial charge in [0.1, 0.15) is 5.54 Å². The lowest BCUT2D eigenvalue weighted by molar-refractivity contribution is -0.125. The third-order valence-electron chi connectivity index (χ3n) is 4.98. The van der Waals surface area contributed by atoms with Crippen LogP contribution in [-0.2, 0) is 16.1 Å². The van der Waals surface area contributed by atoms with E-state index in [4.69, 9.17) is 4.74 Å². The molecule has 0 unspecified atom stereocenters. The molecule has 1 saturated carbocycles. The van der Waals surface area contributed by atoms with Crippen LogP contribution in [0.4, 0.5) is 0 Å². The Morgan fingerprint density at radius 1 is 1.27 bits per heavy atom. The molecule has 136 valence electrons. The van der Waals surface area contributed by atoms with Gasteiger partial charge in [-0.15, -0.1) is 0 Å². The van der Waals surface area contributed by atoms with Gasteiger partial charge in [0.15, 0.2) is 6.61 Å². The van der Waals surface area contributed by atoms with Crippen molar-refractivity contribution in [1.29, 1.82) is 5.26 Å². The van der Waals surface area contributed by atoms with Crippen molar-refractivity contribution >= 4 is 22.8 Å². The molecule has 2 aromatic rings. The number of benzene rings is 1. The van der Waals surface area contributed by atoms with Gasteiger partial charge in [-0.1, -0.05) is 37.5 Å². The fourth-order valence-corrected chi connectivity index (χ4v) is 3.60. The first-order valence-corrected chi connectivity index (χ1v) is 9.06. The molecule has 1 aliphatic rings. The molecule has 1 heterocycles. The number of esters is 1. The van der Waals surface area contributed by atoms with Crippen LogP contribution in [0.25, 0.3) is 10.9 Å². The highest BCUT2D eigenvalue weighted by Gasteiger charge is 2.33. The first-order chi connectivity index (χ1) is 12.6. The summed E-state index contributed by atoms with van der Waals surface area (Å²) in [6, 6.07) is 9.83. The summed E-state index contributed by atoms with van der Waals surface area (Å²) in [7, 11) is 0. The second-order valence-electron chi connectivity index (χ2n) is 6.72. The Bertz CT molecular complexity index is 857. The molecule has 1 aromatic heterocycles. The number of rotatable bonds is 5. The maximum Gasteiger partial charge on any atom is 0.340 e. The molecule has 1 aliphatic carbocycles. The molecule has 0 atom stereocenters. The maximum absolute atomic E-state index is 12.5. The molecule has 0 aliphatic heterocycles. The summed E-state index contributed by atoms with van der Waals surface area (Å²) in [5, 5.41) is 13.0. The summed E-state index contributed by atoms with van der Waals surface area (Å²) in [5.41, 5.74) is 0.583. The second-order valence-corrected chi connectivity index (χ2v) is 6.72. The number of nitriles is 1. The molecule has 6 nitrogen and oxygen atoms in total. The molecule has 1 amide bonds. The number of ether oxygens (including phenoxy) is 1. The number of amides is 1. The summed E-state index contributed by atoms with van der Waals surface area (Å²) < 4.78 is 7.18. The van der Waals surface area contributed by atoms with E-state index in [2.05, 4.69) is 11.4 Å². The fourth-order valence-electron chi connectivity index (χ4n) is 3.60. The lowest BCUT2D eigenvalue weighted by Gasteiger charge is -2.31. The van der Waals surface area contributed by atoms with Gasteiger partial charge in [-0.2, -0.15) is 5.26 Å². The standard InChI is InChI=1S/C20H23N3O3/c1-2-23-12-16(15-8-4-5-9-17(15)23)19(25)26-13-18(24)22-20(14-21)10-6-3-7-11-20/h4-5,8-9,12H,2-3,6-7,10-11,13H2,1H3,(H,22,24). The minimum Gasteiger partial charge on any atom is -0.452 e. The van der Waals surface area contributed by atoms with E-state index in [0.717, 1.165) is 36.7 Å². The van der Waals surface area contributed by atoms with Crippen LogP contribution in [0.2, 0.25) is 0 Å². The molecule has 3 rings (SSSR count). The van der Waals surface area contributed by atoms with Gasteiger partial charge < -0.3 is 14.6 Å². The van der Waals surface area contributed by atoms with Gasteiger partial charge in [0.25, 0.3) is 5.91 Å². The molecule has 0 bridgehead atoms. The minimum atomic E-state index is -0.819. The van der Waals surface area contributed by atoms with Gasteiger partial charge in [0, 0.05) is 23.6 Å². The van der Waals surface area contributed by atoms with Crippen LogP contribution in [-0.4, -0.2) is 28.6 Å². The molecule has 6 heteroatoms. The number of nitrogens with one attached hydrogen (secondary N) is 1. The number of hydrogen-bond donors (Lipinski definition) is 1. The first-order valence-electron chi connectivity index (χ1n) is 9.06. The summed E-state index contributed by atoms with van der Waals surface area (Å²) in [5.74, 6) is -0.959. The van der Waals surface area contributed by atoms with Crippen LogP contribution in [0.3, 0.4) is 0 Å². The lowest BCUT2D eigenvalue weighted by Crippen LogP contribution is -2.50. The van der Waals surface area contributed by atoms with Gasteiger partial charge in [0.05, 0.1) is 11.6 Å². The number of aryl methyl sites for hydroxylation is 1. The van der Waals surface area contributed by atoms with E-state index in [-0.39, 0.29) is 6.61 Å². The van der Waals surface area contributed by atoms with Crippen LogP contribution in [0, 0.1) is 11.3 Å². The topological polar surface area (TPSA) is 84.1 Å². The summed E-state index contributed by atoms with van der Waals surface area (Å²) >= 11 is 0. The number of para-hydroxylation sites is 1. The zero-order valence-electron chi connectivity index (χ0n) is 15.0. The monoisotopic (exact) mass is 353 g/mol. The van der Waals surface area contributed by atoms with Gasteiger partial charge in [0.2, 0.25) is 0 Å². The minimum absolute atomic E-state index is 0.381. The smallest absolute Gasteiger partial charge is 0.340 e. The van der Waals surface area contributed by atoms with Crippen molar-refractivity contribution in [3.8, 4) is 6.07 Å². The largest absolute Gasteiger partial charge is 0.452 e. The van der Waals surface area contributed by atoms with E-state index in [9.17, 15) is 14.9 Å². The van der Waals surface area contributed by atoms with E-state index < -0.39 is 17.4 Å². The molecular weight excluding hydrogens is 330 g/mol. The third-order valence-corrected chi connectivity index (χ3v) is 4.98. The van der Waals surface area contributed by atoms with E-state index in [1.807, 2.05) is 35.8 Å². The Hall–Kier alpha value is -2.81. The molecule has 1 aromatic carbocycles. The second kappa shape index (κ2) is 7.61. The van der Waals surface area contributed by atoms with Gasteiger partial charge in [-0.05, 0) is 25.8 Å². The zero-order valence-corrected chi connectivity index (χ0v) is 15.0. The molecule has 0 spiro atoms. The molecule has 0 saturated heterocycles. The Kier molecular flexibility index (Phi) is 5.27. The van der Waals surface area contributed by atoms with Crippen molar-refractivity contribution < 1.29 is 14.3 Å². The van der Waals surface area contributed by atoms with Crippen molar-refractivity contribution in [2.24, 2.45) is 0 Å². The predicted octanol–water partition coefficient (Wildman–Crippen LogP) is 3.16. The average molecular weight is 353 g/mol. The van der Waals surface area contributed by atoms with Crippen LogP contribution < -0.4 is 5.32 Å². The number of aromatic nitrogens is 1. The van der Waals surface area contributed by atoms with E-state index in [1.54, 1.807) is 6.20 Å².